The normalized spacial score (nSPS) is 15.5. The van der Waals surface area contributed by atoms with Crippen molar-refractivity contribution in [1.29, 1.82) is 0 Å². The van der Waals surface area contributed by atoms with Crippen molar-refractivity contribution in [2.45, 2.75) is 133 Å². The van der Waals surface area contributed by atoms with E-state index in [1.807, 2.05) is 13.8 Å². The number of nitrogens with zero attached hydrogens (tertiary/aromatic N) is 3. The summed E-state index contributed by atoms with van der Waals surface area (Å²) in [5.74, 6) is -7.68. The van der Waals surface area contributed by atoms with E-state index in [4.69, 9.17) is 40.1 Å². The van der Waals surface area contributed by atoms with Gasteiger partial charge in [0, 0.05) is 32.5 Å². The van der Waals surface area contributed by atoms with Crippen LogP contribution in [-0.4, -0.2) is 143 Å². The second-order valence-electron chi connectivity index (χ2n) is 20.0. The largest absolute Gasteiger partial charge is 0.508 e. The number of nitrogens with two attached hydrogens (primary N) is 7. The molecule has 434 valence electrons. The van der Waals surface area contributed by atoms with Gasteiger partial charge in [0.05, 0.1) is 12.5 Å². The van der Waals surface area contributed by atoms with Gasteiger partial charge in [-0.15, -0.1) is 0 Å². The van der Waals surface area contributed by atoms with E-state index >= 15 is 0 Å². The monoisotopic (exact) mass is 1110 g/mol. The van der Waals surface area contributed by atoms with Crippen LogP contribution in [0.1, 0.15) is 81.9 Å². The molecule has 0 aliphatic carbocycles. The Labute approximate surface area is 464 Å². The second kappa shape index (κ2) is 32.2. The fourth-order valence-corrected chi connectivity index (χ4v) is 8.90. The molecule has 1 fully saturated rings. The van der Waals surface area contributed by atoms with Crippen LogP contribution in [-0.2, 0) is 62.4 Å². The molecule has 0 bridgehead atoms. The molecule has 4 rings (SSSR count). The Kier molecular flexibility index (Phi) is 25.6. The summed E-state index contributed by atoms with van der Waals surface area (Å²) < 4.78 is 0. The number of hydrogen-bond acceptors (Lipinski definition) is 13. The summed E-state index contributed by atoms with van der Waals surface area (Å²) in [6.07, 6.45) is 0.290. The Bertz CT molecular complexity index is 2630. The minimum Gasteiger partial charge on any atom is -0.508 e. The molecular formula is C54H78N16O10. The van der Waals surface area contributed by atoms with Crippen LogP contribution in [0.2, 0.25) is 0 Å². The average molecular weight is 1110 g/mol. The van der Waals surface area contributed by atoms with Gasteiger partial charge in [0.1, 0.15) is 48.0 Å². The van der Waals surface area contributed by atoms with Crippen LogP contribution in [0, 0.1) is 5.92 Å². The summed E-state index contributed by atoms with van der Waals surface area (Å²) in [5.41, 5.74) is 41.1. The SMILES string of the molecule is CC(C)C[C@H](NC(=O)[C@H](Cc1ccccc1)NC(=O)[C@H](N)Cc1ccc(O)cc1)C(=O)N[C@@H](Cc1ccccc1)C(=O)N[C@@H](CCCN=C(N)N)C(=O)N1CCC[C@@H]1C(=O)N[C@@H](CCCN=C(N)N)C(=O)N[C@@H](CC(N)=O)C(N)=O. The maximum absolute atomic E-state index is 14.8. The summed E-state index contributed by atoms with van der Waals surface area (Å²) in [4.78, 5) is 133. The van der Waals surface area contributed by atoms with E-state index in [1.165, 1.54) is 17.0 Å². The van der Waals surface area contributed by atoms with Crippen molar-refractivity contribution in [2.75, 3.05) is 19.6 Å². The molecule has 21 N–H and O–H groups in total. The molecule has 1 heterocycles. The maximum Gasteiger partial charge on any atom is 0.245 e. The first-order valence-electron chi connectivity index (χ1n) is 26.4. The fourth-order valence-electron chi connectivity index (χ4n) is 8.90. The van der Waals surface area contributed by atoms with Crippen LogP contribution >= 0.6 is 0 Å². The number of benzene rings is 3. The van der Waals surface area contributed by atoms with E-state index < -0.39 is 108 Å². The Hall–Kier alpha value is -8.81. The Morgan fingerprint density at radius 1 is 0.562 bits per heavy atom. The van der Waals surface area contributed by atoms with Crippen LogP contribution in [0.4, 0.5) is 0 Å². The van der Waals surface area contributed by atoms with Crippen molar-refractivity contribution in [3.63, 3.8) is 0 Å². The second-order valence-corrected chi connectivity index (χ2v) is 20.0. The van der Waals surface area contributed by atoms with Crippen LogP contribution < -0.4 is 72.0 Å². The molecule has 3 aromatic carbocycles. The zero-order chi connectivity index (χ0) is 58.9. The molecule has 0 aromatic heterocycles. The number of phenolic OH excluding ortho intramolecular Hbond substituents is 1. The van der Waals surface area contributed by atoms with Gasteiger partial charge in [-0.05, 0) is 86.1 Å². The van der Waals surface area contributed by atoms with Gasteiger partial charge in [-0.2, -0.15) is 0 Å². The van der Waals surface area contributed by atoms with E-state index in [0.29, 0.717) is 23.1 Å². The van der Waals surface area contributed by atoms with E-state index in [9.17, 15) is 48.3 Å². The molecule has 26 heteroatoms. The molecular weight excluding hydrogens is 1030 g/mol. The molecule has 3 aromatic rings. The summed E-state index contributed by atoms with van der Waals surface area (Å²) >= 11 is 0. The quantitative estimate of drug-likeness (QED) is 0.0170. The first-order chi connectivity index (χ1) is 38.0. The van der Waals surface area contributed by atoms with Gasteiger partial charge in [-0.1, -0.05) is 86.6 Å². The van der Waals surface area contributed by atoms with Gasteiger partial charge < -0.3 is 82.0 Å². The molecule has 9 amide bonds. The first kappa shape index (κ1) is 63.7. The molecule has 0 saturated carbocycles. The molecule has 1 aliphatic heterocycles. The van der Waals surface area contributed by atoms with E-state index in [1.54, 1.807) is 72.8 Å². The Morgan fingerprint density at radius 3 is 1.51 bits per heavy atom. The number of aliphatic imine (C=N–C) groups is 2. The predicted molar refractivity (Wildman–Crippen MR) is 299 cm³/mol. The number of amides is 9. The van der Waals surface area contributed by atoms with Gasteiger partial charge in [0.2, 0.25) is 53.2 Å². The molecule has 26 nitrogen and oxygen atoms in total. The number of likely N-dealkylation sites (tertiary alicyclic amines) is 1. The summed E-state index contributed by atoms with van der Waals surface area (Å²) in [6, 6.07) is 13.7. The highest BCUT2D eigenvalue weighted by molar-refractivity contribution is 5.98. The van der Waals surface area contributed by atoms with Crippen molar-refractivity contribution in [2.24, 2.45) is 56.0 Å². The van der Waals surface area contributed by atoms with E-state index in [0.717, 1.165) is 0 Å². The molecule has 1 aliphatic rings. The third-order valence-electron chi connectivity index (χ3n) is 12.9. The number of nitrogens with one attached hydrogen (secondary N) is 6. The topological polar surface area (TPSA) is 456 Å². The lowest BCUT2D eigenvalue weighted by molar-refractivity contribution is -0.142. The molecule has 0 radical (unpaired) electrons. The van der Waals surface area contributed by atoms with E-state index in [2.05, 4.69) is 41.9 Å². The van der Waals surface area contributed by atoms with Crippen LogP contribution in [0.3, 0.4) is 0 Å². The number of carbonyl (C=O) groups excluding carboxylic acids is 9. The van der Waals surface area contributed by atoms with Crippen molar-refractivity contribution in [3.05, 3.63) is 102 Å². The summed E-state index contributed by atoms with van der Waals surface area (Å²) in [6.45, 7) is 3.86. The number of primary amides is 2. The van der Waals surface area contributed by atoms with Gasteiger partial charge in [-0.25, -0.2) is 0 Å². The van der Waals surface area contributed by atoms with Crippen LogP contribution in [0.15, 0.2) is 94.9 Å². The minimum absolute atomic E-state index is 0.0317. The number of carbonyl (C=O) groups is 9. The Balaban J connectivity index is 1.61. The molecule has 8 atom stereocenters. The van der Waals surface area contributed by atoms with Crippen molar-refractivity contribution < 1.29 is 48.3 Å². The number of aromatic hydroxyl groups is 1. The standard InChI is InChI=1S/C54H78N16O10/c1-31(2)26-40(68-50(78)41(28-32-12-5-3-6-13-32)67-46(74)36(55)27-34-19-21-35(71)22-20-34)48(76)69-42(29-33-14-7-4-8-15-33)49(77)65-38(17-10-24-63-54(60)61)52(80)70-25-11-18-43(70)51(79)64-37(16-9-23-62-53(58)59)47(75)66-39(45(57)73)30-44(56)72/h3-8,12-15,19-22,31,36-43,71H,9-11,16-18,23-30,55H2,1-2H3,(H2,56,72)(H2,57,73)(H,64,79)(H,65,77)(H,66,75)(H,67,74)(H,68,78)(H,69,76)(H4,58,59,62)(H4,60,61,63)/t36-,37+,38+,39+,40+,41+,42+,43-/m1/s1. The minimum atomic E-state index is -1.49. The van der Waals surface area contributed by atoms with Crippen LogP contribution in [0.25, 0.3) is 0 Å². The molecule has 0 spiro atoms. The highest BCUT2D eigenvalue weighted by atomic mass is 16.3. The lowest BCUT2D eigenvalue weighted by atomic mass is 9.99. The van der Waals surface area contributed by atoms with Crippen molar-refractivity contribution in [1.82, 2.24) is 36.8 Å². The summed E-state index contributed by atoms with van der Waals surface area (Å²) in [7, 11) is 0. The zero-order valence-corrected chi connectivity index (χ0v) is 45.2. The van der Waals surface area contributed by atoms with Crippen LogP contribution in [0.5, 0.6) is 5.75 Å². The zero-order valence-electron chi connectivity index (χ0n) is 45.2. The highest BCUT2D eigenvalue weighted by Crippen LogP contribution is 2.21. The average Bonchev–Trinajstić information content (AvgIpc) is 3.91. The smallest absolute Gasteiger partial charge is 0.245 e. The maximum atomic E-state index is 14.8. The van der Waals surface area contributed by atoms with Gasteiger partial charge >= 0.3 is 0 Å². The lowest BCUT2D eigenvalue weighted by Crippen LogP contribution is -2.60. The number of rotatable bonds is 32. The number of guanidine groups is 2. The number of phenols is 1. The predicted octanol–water partition coefficient (Wildman–Crippen LogP) is -2.84. The van der Waals surface area contributed by atoms with Gasteiger partial charge in [0.15, 0.2) is 11.9 Å². The van der Waals surface area contributed by atoms with Gasteiger partial charge in [-0.3, -0.25) is 53.1 Å². The molecule has 1 saturated heterocycles. The third-order valence-corrected chi connectivity index (χ3v) is 12.9. The first-order valence-corrected chi connectivity index (χ1v) is 26.4. The van der Waals surface area contributed by atoms with Crippen molar-refractivity contribution in [3.8, 4) is 5.75 Å². The molecule has 80 heavy (non-hydrogen) atoms. The van der Waals surface area contributed by atoms with E-state index in [-0.39, 0.29) is 101 Å². The number of hydrogen-bond donors (Lipinski definition) is 14. The molecule has 0 unspecified atom stereocenters. The summed E-state index contributed by atoms with van der Waals surface area (Å²) in [5, 5.41) is 25.9. The highest BCUT2D eigenvalue weighted by Gasteiger charge is 2.40. The van der Waals surface area contributed by atoms with Gasteiger partial charge in [0.25, 0.3) is 0 Å². The fraction of sp³-hybridized carbons (Fsp3) is 0.463. The third kappa shape index (κ3) is 21.9. The lowest BCUT2D eigenvalue weighted by Gasteiger charge is -2.31. The Morgan fingerprint density at radius 2 is 1.01 bits per heavy atom. The van der Waals surface area contributed by atoms with Crippen molar-refractivity contribution >= 4 is 65.1 Å².